The van der Waals surface area contributed by atoms with Crippen LogP contribution in [0, 0.1) is 5.92 Å². The van der Waals surface area contributed by atoms with E-state index in [1.54, 1.807) is 0 Å². The van der Waals surface area contributed by atoms with Crippen LogP contribution in [0.3, 0.4) is 0 Å². The van der Waals surface area contributed by atoms with Crippen LogP contribution in [0.4, 0.5) is 0 Å². The van der Waals surface area contributed by atoms with E-state index >= 15 is 0 Å². The highest BCUT2D eigenvalue weighted by molar-refractivity contribution is 6.33. The fourth-order valence-corrected chi connectivity index (χ4v) is 1.96. The second-order valence-corrected chi connectivity index (χ2v) is 4.49. The molecule has 0 atom stereocenters. The Balaban J connectivity index is 2.69. The Labute approximate surface area is 98.1 Å². The summed E-state index contributed by atoms with van der Waals surface area (Å²) in [6.07, 6.45) is 3.03. The van der Waals surface area contributed by atoms with Gasteiger partial charge in [0.05, 0.1) is 16.6 Å². The maximum Gasteiger partial charge on any atom is 0.153 e. The van der Waals surface area contributed by atoms with E-state index in [2.05, 4.69) is 28.8 Å². The fraction of sp³-hybridized carbons (Fsp3) is 0.364. The van der Waals surface area contributed by atoms with Gasteiger partial charge in [0.2, 0.25) is 0 Å². The Hall–Kier alpha value is -1.42. The van der Waals surface area contributed by atoms with E-state index in [1.165, 1.54) is 6.33 Å². The molecule has 2 rings (SSSR count). The third-order valence-corrected chi connectivity index (χ3v) is 2.68. The maximum atomic E-state index is 11.0. The summed E-state index contributed by atoms with van der Waals surface area (Å²) < 4.78 is 0. The zero-order valence-electron chi connectivity index (χ0n) is 9.12. The number of fused-ring (bicyclic) bond motifs is 1. The van der Waals surface area contributed by atoms with Gasteiger partial charge in [-0.3, -0.25) is 4.79 Å². The fourth-order valence-electron chi connectivity index (χ4n) is 1.73. The molecular formula is C11H12ClN3O. The monoisotopic (exact) mass is 237 g/mol. The first-order valence-electron chi connectivity index (χ1n) is 5.09. The van der Waals surface area contributed by atoms with Crippen molar-refractivity contribution in [1.82, 2.24) is 15.0 Å². The molecule has 0 unspecified atom stereocenters. The predicted octanol–water partition coefficient (Wildman–Crippen LogP) is 2.62. The van der Waals surface area contributed by atoms with Crippen molar-refractivity contribution in [3.8, 4) is 0 Å². The summed E-state index contributed by atoms with van der Waals surface area (Å²) in [6, 6.07) is 0. The van der Waals surface area contributed by atoms with Gasteiger partial charge in [-0.2, -0.15) is 0 Å². The molecule has 0 aliphatic heterocycles. The van der Waals surface area contributed by atoms with Gasteiger partial charge in [0.15, 0.2) is 6.29 Å². The van der Waals surface area contributed by atoms with Gasteiger partial charge in [-0.25, -0.2) is 9.97 Å². The summed E-state index contributed by atoms with van der Waals surface area (Å²) in [5.41, 5.74) is 1.94. The minimum atomic E-state index is 0.329. The van der Waals surface area contributed by atoms with Crippen LogP contribution in [0.5, 0.6) is 0 Å². The van der Waals surface area contributed by atoms with Gasteiger partial charge >= 0.3 is 0 Å². The van der Waals surface area contributed by atoms with Gasteiger partial charge in [-0.1, -0.05) is 25.4 Å². The predicted molar refractivity (Wildman–Crippen MR) is 62.8 cm³/mol. The standard InChI is InChI=1S/C11H12ClN3O/c1-6(2)3-8-9-7(4-16)10(12)15-11(9)14-5-13-8/h4-6H,3H2,1-2H3,(H,13,14,15). The molecule has 2 heterocycles. The van der Waals surface area contributed by atoms with Gasteiger partial charge in [0, 0.05) is 0 Å². The molecule has 0 fully saturated rings. The van der Waals surface area contributed by atoms with Crippen LogP contribution in [-0.2, 0) is 6.42 Å². The average Bonchev–Trinajstić information content (AvgIpc) is 2.53. The molecule has 0 bridgehead atoms. The van der Waals surface area contributed by atoms with Crippen LogP contribution < -0.4 is 0 Å². The van der Waals surface area contributed by atoms with Crippen molar-refractivity contribution < 1.29 is 4.79 Å². The number of nitrogens with zero attached hydrogens (tertiary/aromatic N) is 2. The summed E-state index contributed by atoms with van der Waals surface area (Å²) >= 11 is 5.92. The topological polar surface area (TPSA) is 58.6 Å². The molecule has 0 amide bonds. The first kappa shape index (κ1) is 11.1. The molecular weight excluding hydrogens is 226 g/mol. The van der Waals surface area contributed by atoms with Crippen LogP contribution >= 0.6 is 11.6 Å². The van der Waals surface area contributed by atoms with Crippen LogP contribution in [0.1, 0.15) is 29.9 Å². The third-order valence-electron chi connectivity index (χ3n) is 2.38. The minimum absolute atomic E-state index is 0.329. The van der Waals surface area contributed by atoms with Crippen LogP contribution in [0.15, 0.2) is 6.33 Å². The van der Waals surface area contributed by atoms with Gasteiger partial charge < -0.3 is 4.98 Å². The number of carbonyl (C=O) groups is 1. The van der Waals surface area contributed by atoms with E-state index in [9.17, 15) is 4.79 Å². The Morgan fingerprint density at radius 1 is 1.50 bits per heavy atom. The molecule has 4 nitrogen and oxygen atoms in total. The highest BCUT2D eigenvalue weighted by Gasteiger charge is 2.15. The number of rotatable bonds is 3. The lowest BCUT2D eigenvalue weighted by atomic mass is 10.0. The van der Waals surface area contributed by atoms with Crippen molar-refractivity contribution in [2.24, 2.45) is 5.92 Å². The van der Waals surface area contributed by atoms with E-state index in [4.69, 9.17) is 11.6 Å². The molecule has 1 N–H and O–H groups in total. The number of aromatic nitrogens is 3. The largest absolute Gasteiger partial charge is 0.330 e. The van der Waals surface area contributed by atoms with E-state index in [1.807, 2.05) is 0 Å². The summed E-state index contributed by atoms with van der Waals surface area (Å²) in [5, 5.41) is 1.08. The van der Waals surface area contributed by atoms with Crippen molar-refractivity contribution in [3.05, 3.63) is 22.7 Å². The number of halogens is 1. The van der Waals surface area contributed by atoms with E-state index < -0.39 is 0 Å². The van der Waals surface area contributed by atoms with Gasteiger partial charge in [0.1, 0.15) is 17.1 Å². The molecule has 0 aliphatic rings. The molecule has 0 saturated heterocycles. The van der Waals surface area contributed by atoms with Gasteiger partial charge in [-0.05, 0) is 12.3 Å². The number of aldehydes is 1. The molecule has 84 valence electrons. The van der Waals surface area contributed by atoms with Crippen molar-refractivity contribution in [2.75, 3.05) is 0 Å². The Morgan fingerprint density at radius 3 is 2.88 bits per heavy atom. The zero-order chi connectivity index (χ0) is 11.7. The SMILES string of the molecule is CC(C)Cc1ncnc2[nH]c(Cl)c(C=O)c12. The second-order valence-electron chi connectivity index (χ2n) is 4.11. The third kappa shape index (κ3) is 1.80. The Morgan fingerprint density at radius 2 is 2.25 bits per heavy atom. The van der Waals surface area contributed by atoms with Crippen molar-refractivity contribution in [2.45, 2.75) is 20.3 Å². The van der Waals surface area contributed by atoms with Crippen molar-refractivity contribution in [1.29, 1.82) is 0 Å². The minimum Gasteiger partial charge on any atom is -0.330 e. The lowest BCUT2D eigenvalue weighted by Gasteiger charge is -2.04. The first-order chi connectivity index (χ1) is 7.63. The highest BCUT2D eigenvalue weighted by Crippen LogP contribution is 2.26. The van der Waals surface area contributed by atoms with Crippen LogP contribution in [0.2, 0.25) is 5.15 Å². The summed E-state index contributed by atoms with van der Waals surface area (Å²) in [6.45, 7) is 4.20. The van der Waals surface area contributed by atoms with E-state index in [0.29, 0.717) is 22.3 Å². The Kier molecular flexibility index (Phi) is 2.92. The smallest absolute Gasteiger partial charge is 0.153 e. The second kappa shape index (κ2) is 4.22. The average molecular weight is 238 g/mol. The Bertz CT molecular complexity index is 533. The molecule has 0 aromatic carbocycles. The number of hydrogen-bond acceptors (Lipinski definition) is 3. The molecule has 16 heavy (non-hydrogen) atoms. The molecule has 2 aromatic rings. The number of nitrogens with one attached hydrogen (secondary N) is 1. The lowest BCUT2D eigenvalue weighted by Crippen LogP contribution is -1.99. The number of carbonyl (C=O) groups excluding carboxylic acids is 1. The lowest BCUT2D eigenvalue weighted by molar-refractivity contribution is 0.112. The van der Waals surface area contributed by atoms with Crippen LogP contribution in [-0.4, -0.2) is 21.2 Å². The number of aromatic amines is 1. The van der Waals surface area contributed by atoms with Gasteiger partial charge in [-0.15, -0.1) is 0 Å². The summed E-state index contributed by atoms with van der Waals surface area (Å²) in [7, 11) is 0. The highest BCUT2D eigenvalue weighted by atomic mass is 35.5. The van der Waals surface area contributed by atoms with Crippen molar-refractivity contribution >= 4 is 28.9 Å². The van der Waals surface area contributed by atoms with E-state index in [-0.39, 0.29) is 0 Å². The molecule has 0 radical (unpaired) electrons. The molecule has 0 spiro atoms. The quantitative estimate of drug-likeness (QED) is 0.835. The summed E-state index contributed by atoms with van der Waals surface area (Å²) in [5.74, 6) is 0.464. The number of H-pyrrole nitrogens is 1. The van der Waals surface area contributed by atoms with Crippen molar-refractivity contribution in [3.63, 3.8) is 0 Å². The van der Waals surface area contributed by atoms with Gasteiger partial charge in [0.25, 0.3) is 0 Å². The normalized spacial score (nSPS) is 11.2. The zero-order valence-corrected chi connectivity index (χ0v) is 9.88. The molecule has 0 aliphatic carbocycles. The molecule has 2 aromatic heterocycles. The maximum absolute atomic E-state index is 11.0. The molecule has 0 saturated carbocycles. The first-order valence-corrected chi connectivity index (χ1v) is 5.47. The molecule has 5 heteroatoms. The number of hydrogen-bond donors (Lipinski definition) is 1. The van der Waals surface area contributed by atoms with E-state index in [0.717, 1.165) is 23.8 Å². The summed E-state index contributed by atoms with van der Waals surface area (Å²) in [4.78, 5) is 22.1. The van der Waals surface area contributed by atoms with Crippen LogP contribution in [0.25, 0.3) is 11.0 Å².